The van der Waals surface area contributed by atoms with E-state index in [1.54, 1.807) is 11.3 Å². The first-order chi connectivity index (χ1) is 9.95. The lowest BCUT2D eigenvalue weighted by atomic mass is 10.2. The average Bonchev–Trinajstić information content (AvgIpc) is 2.77. The Morgan fingerprint density at radius 1 is 1.38 bits per heavy atom. The van der Waals surface area contributed by atoms with E-state index in [-0.39, 0.29) is 5.11 Å². The molecule has 1 aromatic heterocycles. The fourth-order valence-corrected chi connectivity index (χ4v) is 2.80. The quantitative estimate of drug-likeness (QED) is 0.459. The van der Waals surface area contributed by atoms with Gasteiger partial charge in [0.2, 0.25) is 0 Å². The standard InChI is InChI=1S/C14H17N5S2/c1-8-5-4-6-11(7-8)17-14-16-9(2)12(21-14)10(3)18-19-13(15)20/h4-7H,1-3H3,(H,16,17)(H3,15,19,20)/b18-10-. The van der Waals surface area contributed by atoms with Crippen molar-refractivity contribution in [3.63, 3.8) is 0 Å². The van der Waals surface area contributed by atoms with Gasteiger partial charge in [-0.15, -0.1) is 0 Å². The number of aromatic nitrogens is 1. The molecule has 0 radical (unpaired) electrons. The highest BCUT2D eigenvalue weighted by molar-refractivity contribution is 7.80. The van der Waals surface area contributed by atoms with E-state index in [2.05, 4.69) is 39.9 Å². The van der Waals surface area contributed by atoms with Crippen LogP contribution in [0.25, 0.3) is 0 Å². The van der Waals surface area contributed by atoms with Crippen molar-refractivity contribution in [1.82, 2.24) is 10.4 Å². The number of hydrogen-bond acceptors (Lipinski definition) is 5. The van der Waals surface area contributed by atoms with Gasteiger partial charge in [0.05, 0.1) is 16.3 Å². The molecule has 0 amide bonds. The van der Waals surface area contributed by atoms with E-state index >= 15 is 0 Å². The molecular weight excluding hydrogens is 302 g/mol. The summed E-state index contributed by atoms with van der Waals surface area (Å²) in [5, 5.41) is 8.42. The van der Waals surface area contributed by atoms with E-state index in [1.807, 2.05) is 26.0 Å². The number of aryl methyl sites for hydroxylation is 2. The highest BCUT2D eigenvalue weighted by Gasteiger charge is 2.10. The van der Waals surface area contributed by atoms with Gasteiger partial charge in [-0.1, -0.05) is 23.5 Å². The van der Waals surface area contributed by atoms with Gasteiger partial charge in [-0.3, -0.25) is 5.43 Å². The Labute approximate surface area is 133 Å². The molecule has 4 N–H and O–H groups in total. The Morgan fingerprint density at radius 2 is 2.14 bits per heavy atom. The van der Waals surface area contributed by atoms with Crippen LogP contribution >= 0.6 is 23.6 Å². The molecule has 110 valence electrons. The van der Waals surface area contributed by atoms with Crippen LogP contribution in [0.1, 0.15) is 23.1 Å². The first kappa shape index (κ1) is 15.4. The lowest BCUT2D eigenvalue weighted by Crippen LogP contribution is -2.25. The number of nitrogens with one attached hydrogen (secondary N) is 2. The topological polar surface area (TPSA) is 75.3 Å². The summed E-state index contributed by atoms with van der Waals surface area (Å²) in [6.45, 7) is 5.90. The van der Waals surface area contributed by atoms with Crippen LogP contribution in [0.3, 0.4) is 0 Å². The first-order valence-corrected chi connectivity index (χ1v) is 7.59. The number of thiocarbonyl (C=S) groups is 1. The summed E-state index contributed by atoms with van der Waals surface area (Å²) in [5.74, 6) is 0. The molecule has 1 aromatic carbocycles. The molecule has 0 aliphatic carbocycles. The van der Waals surface area contributed by atoms with E-state index in [1.165, 1.54) is 5.56 Å². The SMILES string of the molecule is C/C(=N/NC(N)=S)c1sc(Nc2cccc(C)c2)nc1C. The van der Waals surface area contributed by atoms with Crippen molar-refractivity contribution in [3.8, 4) is 0 Å². The maximum Gasteiger partial charge on any atom is 0.188 e. The largest absolute Gasteiger partial charge is 0.375 e. The maximum absolute atomic E-state index is 5.37. The Hall–Kier alpha value is -1.99. The van der Waals surface area contributed by atoms with Crippen LogP contribution in [0.5, 0.6) is 0 Å². The van der Waals surface area contributed by atoms with Crippen molar-refractivity contribution >= 4 is 45.2 Å². The minimum atomic E-state index is 0.148. The van der Waals surface area contributed by atoms with Crippen LogP contribution in [0.15, 0.2) is 29.4 Å². The van der Waals surface area contributed by atoms with Gasteiger partial charge in [-0.25, -0.2) is 4.98 Å². The smallest absolute Gasteiger partial charge is 0.188 e. The fraction of sp³-hybridized carbons (Fsp3) is 0.214. The third-order valence-electron chi connectivity index (χ3n) is 2.73. The van der Waals surface area contributed by atoms with E-state index in [0.717, 1.165) is 27.1 Å². The molecule has 7 heteroatoms. The normalized spacial score (nSPS) is 11.3. The molecule has 2 rings (SSSR count). The molecule has 0 atom stereocenters. The molecule has 2 aromatic rings. The van der Waals surface area contributed by atoms with Crippen molar-refractivity contribution in [2.24, 2.45) is 10.8 Å². The summed E-state index contributed by atoms with van der Waals surface area (Å²) in [5.41, 5.74) is 11.9. The van der Waals surface area contributed by atoms with Gasteiger partial charge in [0.25, 0.3) is 0 Å². The van der Waals surface area contributed by atoms with Crippen LogP contribution in [-0.4, -0.2) is 15.8 Å². The number of hydrogen-bond donors (Lipinski definition) is 3. The molecule has 0 aliphatic rings. The van der Waals surface area contributed by atoms with Gasteiger partial charge in [0.1, 0.15) is 0 Å². The van der Waals surface area contributed by atoms with Crippen LogP contribution in [0.4, 0.5) is 10.8 Å². The van der Waals surface area contributed by atoms with Gasteiger partial charge in [0, 0.05) is 5.69 Å². The second kappa shape index (κ2) is 6.64. The summed E-state index contributed by atoms with van der Waals surface area (Å²) in [6, 6.07) is 8.16. The summed E-state index contributed by atoms with van der Waals surface area (Å²) in [6.07, 6.45) is 0. The molecule has 0 saturated heterocycles. The molecule has 0 spiro atoms. The number of nitrogens with two attached hydrogens (primary N) is 1. The molecule has 21 heavy (non-hydrogen) atoms. The first-order valence-electron chi connectivity index (χ1n) is 6.37. The Bertz CT molecular complexity index is 690. The van der Waals surface area contributed by atoms with Crippen LogP contribution in [0.2, 0.25) is 0 Å². The minimum Gasteiger partial charge on any atom is -0.375 e. The fourth-order valence-electron chi connectivity index (χ4n) is 1.82. The molecule has 0 bridgehead atoms. The summed E-state index contributed by atoms with van der Waals surface area (Å²) < 4.78 is 0. The summed E-state index contributed by atoms with van der Waals surface area (Å²) in [7, 11) is 0. The van der Waals surface area contributed by atoms with Gasteiger partial charge in [-0.05, 0) is 50.7 Å². The summed E-state index contributed by atoms with van der Waals surface area (Å²) in [4.78, 5) is 5.51. The van der Waals surface area contributed by atoms with E-state index in [4.69, 9.17) is 18.0 Å². The molecule has 0 saturated carbocycles. The number of benzene rings is 1. The van der Waals surface area contributed by atoms with E-state index in [0.29, 0.717) is 0 Å². The second-order valence-corrected chi connectivity index (χ2v) is 6.04. The molecule has 0 aliphatic heterocycles. The maximum atomic E-state index is 5.37. The van der Waals surface area contributed by atoms with E-state index in [9.17, 15) is 0 Å². The zero-order chi connectivity index (χ0) is 15.4. The van der Waals surface area contributed by atoms with Gasteiger partial charge in [-0.2, -0.15) is 5.10 Å². The molecule has 5 nitrogen and oxygen atoms in total. The van der Waals surface area contributed by atoms with Gasteiger partial charge >= 0.3 is 0 Å². The molecule has 0 fully saturated rings. The number of anilines is 2. The number of rotatable bonds is 4. The summed E-state index contributed by atoms with van der Waals surface area (Å²) >= 11 is 6.28. The van der Waals surface area contributed by atoms with Crippen molar-refractivity contribution < 1.29 is 0 Å². The third-order valence-corrected chi connectivity index (χ3v) is 4.00. The monoisotopic (exact) mass is 319 g/mol. The predicted molar refractivity (Wildman–Crippen MR) is 93.4 cm³/mol. The highest BCUT2D eigenvalue weighted by Crippen LogP contribution is 2.26. The lowest BCUT2D eigenvalue weighted by molar-refractivity contribution is 1.03. The molecule has 0 unspecified atom stereocenters. The third kappa shape index (κ3) is 4.24. The van der Waals surface area contributed by atoms with Crippen molar-refractivity contribution in [2.45, 2.75) is 20.8 Å². The van der Waals surface area contributed by atoms with Crippen molar-refractivity contribution in [2.75, 3.05) is 5.32 Å². The zero-order valence-electron chi connectivity index (χ0n) is 12.1. The zero-order valence-corrected chi connectivity index (χ0v) is 13.7. The van der Waals surface area contributed by atoms with Crippen LogP contribution in [0, 0.1) is 13.8 Å². The molecular formula is C14H17N5S2. The van der Waals surface area contributed by atoms with Crippen molar-refractivity contribution in [3.05, 3.63) is 40.4 Å². The molecule has 1 heterocycles. The second-order valence-electron chi connectivity index (χ2n) is 4.60. The Kier molecular flexibility index (Phi) is 4.87. The minimum absolute atomic E-state index is 0.148. The number of nitrogens with zero attached hydrogens (tertiary/aromatic N) is 2. The Balaban J connectivity index is 2.19. The predicted octanol–water partition coefficient (Wildman–Crippen LogP) is 3.06. The Morgan fingerprint density at radius 3 is 2.81 bits per heavy atom. The van der Waals surface area contributed by atoms with Crippen molar-refractivity contribution in [1.29, 1.82) is 0 Å². The van der Waals surface area contributed by atoms with Crippen LogP contribution < -0.4 is 16.5 Å². The van der Waals surface area contributed by atoms with E-state index < -0.39 is 0 Å². The number of hydrazone groups is 1. The van der Waals surface area contributed by atoms with Gasteiger partial charge in [0.15, 0.2) is 10.2 Å². The number of thiazole rings is 1. The highest BCUT2D eigenvalue weighted by atomic mass is 32.1. The lowest BCUT2D eigenvalue weighted by Gasteiger charge is -2.02. The van der Waals surface area contributed by atoms with Gasteiger partial charge < -0.3 is 11.1 Å². The van der Waals surface area contributed by atoms with Crippen LogP contribution in [-0.2, 0) is 0 Å². The average molecular weight is 319 g/mol.